The molecular weight excluding hydrogens is 372 g/mol. The molecule has 1 heterocycles. The number of aromatic nitrogens is 2. The summed E-state index contributed by atoms with van der Waals surface area (Å²) < 4.78 is 5.72. The highest BCUT2D eigenvalue weighted by Gasteiger charge is 2.12. The normalized spacial score (nSPS) is 10.6. The number of oxime groups is 1. The number of halogens is 1. The van der Waals surface area contributed by atoms with Crippen molar-refractivity contribution in [1.29, 1.82) is 0 Å². The van der Waals surface area contributed by atoms with Gasteiger partial charge in [-0.05, 0) is 18.6 Å². The Hall–Kier alpha value is -3.07. The number of carbonyl (C=O) groups is 1. The Morgan fingerprint density at radius 2 is 2.22 bits per heavy atom. The molecule has 0 saturated heterocycles. The fourth-order valence-corrected chi connectivity index (χ4v) is 2.24. The average molecular weight is 393 g/mol. The topological polar surface area (TPSA) is 124 Å². The maximum absolute atomic E-state index is 11.8. The predicted octanol–water partition coefficient (Wildman–Crippen LogP) is 3.41. The summed E-state index contributed by atoms with van der Waals surface area (Å²) in [6, 6.07) is 4.51. The third kappa shape index (κ3) is 6.00. The molecule has 2 rings (SSSR count). The van der Waals surface area contributed by atoms with E-state index in [1.165, 1.54) is 19.7 Å². The lowest BCUT2D eigenvalue weighted by Gasteiger charge is -2.11. The van der Waals surface area contributed by atoms with Crippen molar-refractivity contribution in [3.05, 3.63) is 35.1 Å². The molecule has 1 aromatic carbocycles. The molecule has 1 aromatic heterocycles. The third-order valence-corrected chi connectivity index (χ3v) is 3.70. The van der Waals surface area contributed by atoms with Crippen LogP contribution >= 0.6 is 11.6 Å². The van der Waals surface area contributed by atoms with Crippen LogP contribution in [0.25, 0.3) is 0 Å². The van der Waals surface area contributed by atoms with Gasteiger partial charge in [0.15, 0.2) is 0 Å². The second kappa shape index (κ2) is 10.2. The monoisotopic (exact) mass is 392 g/mol. The zero-order chi connectivity index (χ0) is 19.6. The van der Waals surface area contributed by atoms with Gasteiger partial charge in [-0.15, -0.1) is 0 Å². The number of urea groups is 1. The molecule has 9 nitrogen and oxygen atoms in total. The maximum Gasteiger partial charge on any atom is 0.319 e. The van der Waals surface area contributed by atoms with Crippen LogP contribution in [0.1, 0.15) is 25.3 Å². The number of rotatable bonds is 8. The number of nitrogen functional groups attached to an aromatic ring is 1. The van der Waals surface area contributed by atoms with E-state index in [0.29, 0.717) is 28.6 Å². The van der Waals surface area contributed by atoms with E-state index in [0.717, 1.165) is 12.8 Å². The molecule has 2 aromatic rings. The van der Waals surface area contributed by atoms with Crippen LogP contribution in [0, 0.1) is 0 Å². The summed E-state index contributed by atoms with van der Waals surface area (Å²) in [6.45, 7) is 2.65. The first kappa shape index (κ1) is 20.2. The van der Waals surface area contributed by atoms with E-state index < -0.39 is 0 Å². The Kier molecular flexibility index (Phi) is 7.63. The molecule has 0 spiro atoms. The van der Waals surface area contributed by atoms with Gasteiger partial charge in [-0.1, -0.05) is 30.1 Å². The Morgan fingerprint density at radius 1 is 1.41 bits per heavy atom. The van der Waals surface area contributed by atoms with Crippen LogP contribution in [-0.2, 0) is 4.84 Å². The highest BCUT2D eigenvalue weighted by atomic mass is 35.5. The summed E-state index contributed by atoms with van der Waals surface area (Å²) in [5.74, 6) is 0.786. The lowest BCUT2D eigenvalue weighted by Crippen LogP contribution is -2.29. The van der Waals surface area contributed by atoms with Crippen molar-refractivity contribution >= 4 is 35.4 Å². The van der Waals surface area contributed by atoms with Gasteiger partial charge in [-0.3, -0.25) is 0 Å². The Bertz CT molecular complexity index is 815. The lowest BCUT2D eigenvalue weighted by atomic mass is 10.3. The van der Waals surface area contributed by atoms with Crippen molar-refractivity contribution in [2.75, 3.05) is 24.7 Å². The van der Waals surface area contributed by atoms with Crippen LogP contribution in [-0.4, -0.2) is 35.9 Å². The predicted molar refractivity (Wildman–Crippen MR) is 105 cm³/mol. The van der Waals surface area contributed by atoms with Gasteiger partial charge >= 0.3 is 6.03 Å². The van der Waals surface area contributed by atoms with E-state index in [4.69, 9.17) is 22.1 Å². The molecule has 0 unspecified atom stereocenters. The number of hydrogen-bond acceptors (Lipinski definition) is 7. The number of hydrogen-bond donors (Lipinski definition) is 3. The quantitative estimate of drug-likeness (QED) is 0.359. The molecule has 0 aliphatic heterocycles. The Labute approximate surface area is 161 Å². The van der Waals surface area contributed by atoms with Crippen LogP contribution in [0.3, 0.4) is 0 Å². The van der Waals surface area contributed by atoms with E-state index >= 15 is 0 Å². The van der Waals surface area contributed by atoms with Gasteiger partial charge < -0.3 is 25.9 Å². The van der Waals surface area contributed by atoms with Crippen molar-refractivity contribution in [2.45, 2.75) is 19.8 Å². The van der Waals surface area contributed by atoms with Crippen molar-refractivity contribution in [2.24, 2.45) is 5.16 Å². The lowest BCUT2D eigenvalue weighted by molar-refractivity contribution is 0.215. The number of benzene rings is 1. The summed E-state index contributed by atoms with van der Waals surface area (Å²) in [7, 11) is 1.40. The number of nitrogens with zero attached hydrogens (tertiary/aromatic N) is 3. The first-order chi connectivity index (χ1) is 13.0. The van der Waals surface area contributed by atoms with Gasteiger partial charge in [0.1, 0.15) is 30.6 Å². The van der Waals surface area contributed by atoms with Gasteiger partial charge in [0.2, 0.25) is 5.88 Å². The van der Waals surface area contributed by atoms with Crippen LogP contribution < -0.4 is 21.1 Å². The van der Waals surface area contributed by atoms with Gasteiger partial charge in [0.05, 0.1) is 16.9 Å². The number of amides is 2. The van der Waals surface area contributed by atoms with Crippen LogP contribution in [0.2, 0.25) is 5.02 Å². The van der Waals surface area contributed by atoms with E-state index in [9.17, 15) is 4.79 Å². The third-order valence-electron chi connectivity index (χ3n) is 3.38. The van der Waals surface area contributed by atoms with Crippen molar-refractivity contribution in [1.82, 2.24) is 15.3 Å². The smallest absolute Gasteiger partial charge is 0.319 e. The summed E-state index contributed by atoms with van der Waals surface area (Å²) in [5, 5.41) is 9.40. The molecule has 10 heteroatoms. The van der Waals surface area contributed by atoms with E-state index in [2.05, 4.69) is 30.6 Å². The molecular formula is C17H21ClN6O3. The van der Waals surface area contributed by atoms with Crippen molar-refractivity contribution < 1.29 is 14.4 Å². The van der Waals surface area contributed by atoms with Crippen LogP contribution in [0.4, 0.5) is 16.3 Å². The molecule has 0 radical (unpaired) electrons. The minimum Gasteiger partial charge on any atom is -0.438 e. The standard InChI is InChI=1S/C17H21ClN6O3/c1-3-4-7-20-17(25)24-14-6-5-11(8-13(14)18)27-16-12(9-23-26-2)15(19)21-10-22-16/h5-6,8-10H,3-4,7H2,1-2H3,(H2,19,21,22)(H2,20,24,25)/b23-9+. The second-order valence-electron chi connectivity index (χ2n) is 5.37. The molecule has 0 aliphatic carbocycles. The summed E-state index contributed by atoms with van der Waals surface area (Å²) in [5.41, 5.74) is 6.64. The minimum absolute atomic E-state index is 0.189. The summed E-state index contributed by atoms with van der Waals surface area (Å²) in [6.07, 6.45) is 4.53. The molecule has 0 bridgehead atoms. The summed E-state index contributed by atoms with van der Waals surface area (Å²) in [4.78, 5) is 24.4. The van der Waals surface area contributed by atoms with Crippen molar-refractivity contribution in [3.8, 4) is 11.6 Å². The van der Waals surface area contributed by atoms with Crippen molar-refractivity contribution in [3.63, 3.8) is 0 Å². The highest BCUT2D eigenvalue weighted by Crippen LogP contribution is 2.30. The zero-order valence-electron chi connectivity index (χ0n) is 15.0. The highest BCUT2D eigenvalue weighted by molar-refractivity contribution is 6.33. The number of ether oxygens (including phenoxy) is 1. The fourth-order valence-electron chi connectivity index (χ4n) is 2.02. The van der Waals surface area contributed by atoms with E-state index in [-0.39, 0.29) is 17.7 Å². The van der Waals surface area contributed by atoms with Crippen LogP contribution in [0.15, 0.2) is 29.7 Å². The number of unbranched alkanes of at least 4 members (excludes halogenated alkanes) is 1. The molecule has 2 amide bonds. The molecule has 0 aliphatic rings. The number of anilines is 2. The Balaban J connectivity index is 2.11. The molecule has 0 atom stereocenters. The Morgan fingerprint density at radius 3 is 2.93 bits per heavy atom. The average Bonchev–Trinajstić information content (AvgIpc) is 2.64. The SMILES string of the molecule is CCCCNC(=O)Nc1ccc(Oc2ncnc(N)c2/C=N/OC)cc1Cl. The van der Waals surface area contributed by atoms with Crippen LogP contribution in [0.5, 0.6) is 11.6 Å². The zero-order valence-corrected chi connectivity index (χ0v) is 15.8. The number of nitrogens with two attached hydrogens (primary N) is 1. The van der Waals surface area contributed by atoms with Gasteiger partial charge in [0.25, 0.3) is 0 Å². The van der Waals surface area contributed by atoms with Gasteiger partial charge in [-0.25, -0.2) is 14.8 Å². The van der Waals surface area contributed by atoms with Gasteiger partial charge in [0, 0.05) is 12.6 Å². The molecule has 0 saturated carbocycles. The number of nitrogens with one attached hydrogen (secondary N) is 2. The van der Waals surface area contributed by atoms with Gasteiger partial charge in [-0.2, -0.15) is 0 Å². The second-order valence-corrected chi connectivity index (χ2v) is 5.78. The van der Waals surface area contributed by atoms with E-state index in [1.807, 2.05) is 6.92 Å². The first-order valence-electron chi connectivity index (χ1n) is 8.24. The first-order valence-corrected chi connectivity index (χ1v) is 8.62. The molecule has 144 valence electrons. The van der Waals surface area contributed by atoms with E-state index in [1.54, 1.807) is 18.2 Å². The maximum atomic E-state index is 11.8. The fraction of sp³-hybridized carbons (Fsp3) is 0.294. The minimum atomic E-state index is -0.319. The summed E-state index contributed by atoms with van der Waals surface area (Å²) >= 11 is 6.23. The largest absolute Gasteiger partial charge is 0.438 e. The molecule has 4 N–H and O–H groups in total. The molecule has 27 heavy (non-hydrogen) atoms. The molecule has 0 fully saturated rings. The number of carbonyl (C=O) groups excluding carboxylic acids is 1.